The molecule has 0 unspecified atom stereocenters. The number of benzene rings is 1. The van der Waals surface area contributed by atoms with Crippen LogP contribution in [0, 0.1) is 5.92 Å². The number of carbonyl (C=O) groups excluding carboxylic acids is 1. The molecule has 0 saturated carbocycles. The maximum absolute atomic E-state index is 12.9. The summed E-state index contributed by atoms with van der Waals surface area (Å²) in [6, 6.07) is 4.38. The van der Waals surface area contributed by atoms with Crippen molar-refractivity contribution in [3.8, 4) is 17.0 Å². The molecule has 1 aliphatic rings. The lowest BCUT2D eigenvalue weighted by molar-refractivity contribution is -0.137. The number of amides is 1. The van der Waals surface area contributed by atoms with Gasteiger partial charge in [0.1, 0.15) is 11.4 Å². The van der Waals surface area contributed by atoms with E-state index in [1.807, 2.05) is 0 Å². The van der Waals surface area contributed by atoms with Crippen molar-refractivity contribution in [2.24, 2.45) is 5.92 Å². The number of nitrogens with zero attached hydrogens (tertiary/aromatic N) is 3. The molecule has 0 aliphatic carbocycles. The lowest BCUT2D eigenvalue weighted by atomic mass is 10.0. The Morgan fingerprint density at radius 2 is 2.03 bits per heavy atom. The molecule has 4 rings (SSSR count). The van der Waals surface area contributed by atoms with Gasteiger partial charge in [-0.05, 0) is 24.3 Å². The molecule has 1 aliphatic heterocycles. The van der Waals surface area contributed by atoms with Gasteiger partial charge in [-0.3, -0.25) is 9.78 Å². The van der Waals surface area contributed by atoms with Crippen LogP contribution in [-0.4, -0.2) is 39.3 Å². The summed E-state index contributed by atoms with van der Waals surface area (Å²) < 4.78 is 38.6. The van der Waals surface area contributed by atoms with Crippen LogP contribution in [0.15, 0.2) is 36.7 Å². The molecule has 0 radical (unpaired) electrons. The predicted molar refractivity (Wildman–Crippen MR) is 99.0 cm³/mol. The van der Waals surface area contributed by atoms with Crippen molar-refractivity contribution >= 4 is 22.5 Å². The quantitative estimate of drug-likeness (QED) is 0.619. The minimum Gasteiger partial charge on any atom is -0.507 e. The molecule has 0 bridgehead atoms. The Labute approximate surface area is 163 Å². The van der Waals surface area contributed by atoms with E-state index in [0.29, 0.717) is 42.2 Å². The maximum atomic E-state index is 12.9. The molecule has 1 aromatic carbocycles. The molecule has 1 saturated heterocycles. The zero-order valence-electron chi connectivity index (χ0n) is 15.0. The number of carbonyl (C=O) groups is 1. The first-order valence-corrected chi connectivity index (χ1v) is 8.84. The second-order valence-corrected chi connectivity index (χ2v) is 6.80. The number of pyridine rings is 1. The first-order chi connectivity index (χ1) is 13.8. The van der Waals surface area contributed by atoms with Crippen molar-refractivity contribution < 1.29 is 23.1 Å². The number of fused-ring (bicyclic) bond motifs is 1. The Morgan fingerprint density at radius 1 is 1.21 bits per heavy atom. The largest absolute Gasteiger partial charge is 0.507 e. The summed E-state index contributed by atoms with van der Waals surface area (Å²) in [5.41, 5.74) is -0.564. The van der Waals surface area contributed by atoms with Gasteiger partial charge in [0, 0.05) is 54.2 Å². The maximum Gasteiger partial charge on any atom is 0.416 e. The summed E-state index contributed by atoms with van der Waals surface area (Å²) >= 11 is 0. The Kier molecular flexibility index (Phi) is 4.69. The van der Waals surface area contributed by atoms with E-state index in [0.717, 1.165) is 6.07 Å². The van der Waals surface area contributed by atoms with E-state index in [-0.39, 0.29) is 23.1 Å². The number of alkyl halides is 3. The Balaban J connectivity index is 1.69. The molecule has 150 valence electrons. The van der Waals surface area contributed by atoms with Gasteiger partial charge in [0.25, 0.3) is 0 Å². The number of nitrogens with one attached hydrogen (secondary N) is 2. The number of aromatic hydroxyl groups is 1. The topological polar surface area (TPSA) is 100 Å². The first kappa shape index (κ1) is 18.9. The van der Waals surface area contributed by atoms with E-state index in [4.69, 9.17) is 0 Å². The van der Waals surface area contributed by atoms with Crippen LogP contribution in [0.5, 0.6) is 5.75 Å². The summed E-state index contributed by atoms with van der Waals surface area (Å²) in [6.45, 7) is 1.08. The number of rotatable bonds is 4. The normalized spacial score (nSPS) is 16.8. The Morgan fingerprint density at radius 3 is 2.72 bits per heavy atom. The van der Waals surface area contributed by atoms with Gasteiger partial charge in [0.2, 0.25) is 5.91 Å². The summed E-state index contributed by atoms with van der Waals surface area (Å²) in [6.07, 6.45) is -1.04. The fraction of sp³-hybridized carbons (Fsp3) is 0.263. The first-order valence-electron chi connectivity index (χ1n) is 8.84. The number of phenolic OH excluding ortho intramolecular Hbond substituents is 1. The second-order valence-electron chi connectivity index (χ2n) is 6.80. The molecule has 0 spiro atoms. The molecule has 7 nitrogen and oxygen atoms in total. The summed E-state index contributed by atoms with van der Waals surface area (Å²) in [7, 11) is 0. The van der Waals surface area contributed by atoms with Crippen LogP contribution in [0.2, 0.25) is 0 Å². The van der Waals surface area contributed by atoms with Crippen molar-refractivity contribution in [1.82, 2.24) is 20.5 Å². The predicted octanol–water partition coefficient (Wildman–Crippen LogP) is 2.96. The minimum atomic E-state index is -4.56. The Bertz CT molecular complexity index is 1090. The van der Waals surface area contributed by atoms with Crippen LogP contribution in [-0.2, 0) is 11.0 Å². The van der Waals surface area contributed by atoms with E-state index in [9.17, 15) is 23.1 Å². The zero-order chi connectivity index (χ0) is 20.6. The highest BCUT2D eigenvalue weighted by Crippen LogP contribution is 2.38. The molecule has 1 fully saturated rings. The summed E-state index contributed by atoms with van der Waals surface area (Å²) in [5.74, 6) is 0.0308. The van der Waals surface area contributed by atoms with Gasteiger partial charge in [0.15, 0.2) is 5.82 Å². The van der Waals surface area contributed by atoms with Crippen LogP contribution < -0.4 is 10.6 Å². The molecule has 10 heteroatoms. The zero-order valence-corrected chi connectivity index (χ0v) is 15.0. The summed E-state index contributed by atoms with van der Waals surface area (Å²) in [5, 5.41) is 25.5. The molecule has 2 aromatic heterocycles. The van der Waals surface area contributed by atoms with Crippen molar-refractivity contribution in [3.63, 3.8) is 0 Å². The van der Waals surface area contributed by atoms with Crippen molar-refractivity contribution in [2.45, 2.75) is 12.6 Å². The van der Waals surface area contributed by atoms with Crippen molar-refractivity contribution in [1.29, 1.82) is 0 Å². The molecule has 1 atom stereocenters. The molecular formula is C19H16F3N5O2. The van der Waals surface area contributed by atoms with Gasteiger partial charge in [-0.15, -0.1) is 10.2 Å². The van der Waals surface area contributed by atoms with Crippen LogP contribution in [0.4, 0.5) is 19.0 Å². The van der Waals surface area contributed by atoms with Crippen LogP contribution in [0.1, 0.15) is 12.0 Å². The monoisotopic (exact) mass is 403 g/mol. The van der Waals surface area contributed by atoms with Gasteiger partial charge in [0.05, 0.1) is 5.56 Å². The third-order valence-corrected chi connectivity index (χ3v) is 4.78. The molecule has 29 heavy (non-hydrogen) atoms. The smallest absolute Gasteiger partial charge is 0.416 e. The fourth-order valence-corrected chi connectivity index (χ4v) is 3.29. The number of phenols is 1. The SMILES string of the molecule is O=C1C[C@H](CNc2nnc(-c3ccc(C(F)(F)F)cc3O)c3ccncc23)CN1. The highest BCUT2D eigenvalue weighted by atomic mass is 19.4. The van der Waals surface area contributed by atoms with E-state index in [2.05, 4.69) is 25.8 Å². The van der Waals surface area contributed by atoms with Gasteiger partial charge in [-0.1, -0.05) is 0 Å². The summed E-state index contributed by atoms with van der Waals surface area (Å²) in [4.78, 5) is 15.4. The molecule has 1 amide bonds. The number of hydrogen-bond acceptors (Lipinski definition) is 6. The van der Waals surface area contributed by atoms with E-state index in [1.165, 1.54) is 12.3 Å². The van der Waals surface area contributed by atoms with E-state index >= 15 is 0 Å². The molecule has 3 aromatic rings. The lowest BCUT2D eigenvalue weighted by Crippen LogP contribution is -2.18. The Hall–Kier alpha value is -3.43. The highest BCUT2D eigenvalue weighted by Gasteiger charge is 2.31. The molecule has 3 heterocycles. The van der Waals surface area contributed by atoms with Gasteiger partial charge in [-0.2, -0.15) is 13.2 Å². The fourth-order valence-electron chi connectivity index (χ4n) is 3.29. The van der Waals surface area contributed by atoms with Crippen LogP contribution >= 0.6 is 0 Å². The molecule has 3 N–H and O–H groups in total. The third kappa shape index (κ3) is 3.78. The lowest BCUT2D eigenvalue weighted by Gasteiger charge is -2.14. The van der Waals surface area contributed by atoms with Gasteiger partial charge in [-0.25, -0.2) is 0 Å². The highest BCUT2D eigenvalue weighted by molar-refractivity contribution is 6.00. The standard InChI is InChI=1S/C19H16F3N5O2/c20-19(21,22)11-1-2-13(15(28)6-11)17-12-3-4-23-9-14(12)18(27-26-17)25-8-10-5-16(29)24-7-10/h1-4,6,9-10,28H,5,7-8H2,(H,24,29)(H,25,27)/t10-/m0/s1. The minimum absolute atomic E-state index is 0.00235. The van der Waals surface area contributed by atoms with Gasteiger partial charge < -0.3 is 15.7 Å². The van der Waals surface area contributed by atoms with E-state index < -0.39 is 17.5 Å². The number of anilines is 1. The average molecular weight is 403 g/mol. The van der Waals surface area contributed by atoms with Gasteiger partial charge >= 0.3 is 6.18 Å². The number of halogens is 3. The van der Waals surface area contributed by atoms with Crippen molar-refractivity contribution in [3.05, 3.63) is 42.2 Å². The third-order valence-electron chi connectivity index (χ3n) is 4.78. The second kappa shape index (κ2) is 7.19. The van der Waals surface area contributed by atoms with E-state index in [1.54, 1.807) is 12.3 Å². The number of hydrogen-bond donors (Lipinski definition) is 3. The van der Waals surface area contributed by atoms with Crippen molar-refractivity contribution in [2.75, 3.05) is 18.4 Å². The molecular weight excluding hydrogens is 387 g/mol. The van der Waals surface area contributed by atoms with Crippen LogP contribution in [0.3, 0.4) is 0 Å². The number of aromatic nitrogens is 3. The average Bonchev–Trinajstić information content (AvgIpc) is 3.11. The van der Waals surface area contributed by atoms with Crippen LogP contribution in [0.25, 0.3) is 22.0 Å².